The van der Waals surface area contributed by atoms with Crippen molar-refractivity contribution in [1.29, 1.82) is 0 Å². The minimum absolute atomic E-state index is 0.128. The van der Waals surface area contributed by atoms with Crippen molar-refractivity contribution in [3.05, 3.63) is 11.1 Å². The molecule has 1 aliphatic heterocycles. The molecule has 3 heteroatoms. The van der Waals surface area contributed by atoms with Gasteiger partial charge in [0.05, 0.1) is 0 Å². The molecule has 0 bridgehead atoms. The minimum Gasteiger partial charge on any atom is -0.358 e. The van der Waals surface area contributed by atoms with E-state index in [2.05, 4.69) is 6.92 Å². The van der Waals surface area contributed by atoms with Gasteiger partial charge in [-0.05, 0) is 25.8 Å². The topological polar surface area (TPSA) is 29.5 Å². The van der Waals surface area contributed by atoms with Crippen molar-refractivity contribution >= 4 is 5.91 Å². The summed E-state index contributed by atoms with van der Waals surface area (Å²) in [6.07, 6.45) is 2.00. The zero-order chi connectivity index (χ0) is 10.7. The van der Waals surface area contributed by atoms with Crippen LogP contribution in [0, 0.1) is 0 Å². The first-order valence-corrected chi connectivity index (χ1v) is 5.14. The number of carbonyl (C=O) groups excluding carboxylic acids is 1. The molecule has 0 aromatic carbocycles. The SMILES string of the molecule is CCCCN1C(=O)C(C)=C(C)[C@@H]1OC. The van der Waals surface area contributed by atoms with Gasteiger partial charge in [-0.3, -0.25) is 4.79 Å². The Morgan fingerprint density at radius 3 is 2.57 bits per heavy atom. The van der Waals surface area contributed by atoms with E-state index in [1.54, 1.807) is 7.11 Å². The van der Waals surface area contributed by atoms with E-state index in [0.29, 0.717) is 0 Å². The fraction of sp³-hybridized carbons (Fsp3) is 0.727. The van der Waals surface area contributed by atoms with Gasteiger partial charge in [-0.1, -0.05) is 13.3 Å². The normalized spacial score (nSPS) is 22.4. The smallest absolute Gasteiger partial charge is 0.251 e. The zero-order valence-electron chi connectivity index (χ0n) is 9.46. The molecule has 0 radical (unpaired) electrons. The first-order chi connectivity index (χ1) is 6.63. The van der Waals surface area contributed by atoms with Crippen LogP contribution in [0.5, 0.6) is 0 Å². The molecule has 0 saturated carbocycles. The largest absolute Gasteiger partial charge is 0.358 e. The molecule has 1 heterocycles. The fourth-order valence-electron chi connectivity index (χ4n) is 1.76. The summed E-state index contributed by atoms with van der Waals surface area (Å²) < 4.78 is 5.32. The van der Waals surface area contributed by atoms with E-state index in [1.165, 1.54) is 0 Å². The van der Waals surface area contributed by atoms with E-state index in [4.69, 9.17) is 4.74 Å². The highest BCUT2D eigenvalue weighted by molar-refractivity contribution is 5.96. The number of amides is 1. The van der Waals surface area contributed by atoms with Crippen molar-refractivity contribution in [2.24, 2.45) is 0 Å². The van der Waals surface area contributed by atoms with Crippen LogP contribution in [-0.2, 0) is 9.53 Å². The highest BCUT2D eigenvalue weighted by Gasteiger charge is 2.33. The number of hydrogen-bond donors (Lipinski definition) is 0. The van der Waals surface area contributed by atoms with Crippen molar-refractivity contribution in [3.63, 3.8) is 0 Å². The van der Waals surface area contributed by atoms with E-state index in [1.807, 2.05) is 18.7 Å². The molecule has 0 aliphatic carbocycles. The van der Waals surface area contributed by atoms with Crippen LogP contribution in [0.25, 0.3) is 0 Å². The van der Waals surface area contributed by atoms with E-state index in [-0.39, 0.29) is 12.1 Å². The maximum absolute atomic E-state index is 11.8. The molecule has 1 rings (SSSR count). The van der Waals surface area contributed by atoms with Gasteiger partial charge in [-0.15, -0.1) is 0 Å². The van der Waals surface area contributed by atoms with Gasteiger partial charge in [0, 0.05) is 19.2 Å². The highest BCUT2D eigenvalue weighted by atomic mass is 16.5. The molecule has 0 fully saturated rings. The maximum Gasteiger partial charge on any atom is 0.251 e. The predicted octanol–water partition coefficient (Wildman–Crippen LogP) is 1.94. The predicted molar refractivity (Wildman–Crippen MR) is 55.8 cm³/mol. The second-order valence-electron chi connectivity index (χ2n) is 3.75. The quantitative estimate of drug-likeness (QED) is 0.689. The average Bonchev–Trinajstić information content (AvgIpc) is 2.39. The average molecular weight is 197 g/mol. The molecule has 1 atom stereocenters. The number of nitrogens with zero attached hydrogens (tertiary/aromatic N) is 1. The Bertz CT molecular complexity index is 258. The van der Waals surface area contributed by atoms with Crippen LogP contribution >= 0.6 is 0 Å². The fourth-order valence-corrected chi connectivity index (χ4v) is 1.76. The molecular formula is C11H19NO2. The molecule has 1 aliphatic rings. The third-order valence-electron chi connectivity index (χ3n) is 2.80. The van der Waals surface area contributed by atoms with Crippen LogP contribution in [0.4, 0.5) is 0 Å². The summed E-state index contributed by atoms with van der Waals surface area (Å²) in [7, 11) is 1.65. The minimum atomic E-state index is -0.131. The molecule has 80 valence electrons. The summed E-state index contributed by atoms with van der Waals surface area (Å²) in [6, 6.07) is 0. The lowest BCUT2D eigenvalue weighted by Crippen LogP contribution is -2.37. The molecule has 0 aromatic rings. The van der Waals surface area contributed by atoms with Crippen molar-refractivity contribution in [2.75, 3.05) is 13.7 Å². The molecule has 0 N–H and O–H groups in total. The molecule has 0 spiro atoms. The van der Waals surface area contributed by atoms with Crippen LogP contribution in [0.1, 0.15) is 33.6 Å². The number of methoxy groups -OCH3 is 1. The third-order valence-corrected chi connectivity index (χ3v) is 2.80. The summed E-state index contributed by atoms with van der Waals surface area (Å²) >= 11 is 0. The van der Waals surface area contributed by atoms with E-state index < -0.39 is 0 Å². The van der Waals surface area contributed by atoms with Crippen LogP contribution in [0.3, 0.4) is 0 Å². The second-order valence-corrected chi connectivity index (χ2v) is 3.75. The van der Waals surface area contributed by atoms with E-state index in [0.717, 1.165) is 30.5 Å². The molecule has 0 unspecified atom stereocenters. The molecule has 3 nitrogen and oxygen atoms in total. The maximum atomic E-state index is 11.8. The Morgan fingerprint density at radius 1 is 1.43 bits per heavy atom. The number of rotatable bonds is 4. The lowest BCUT2D eigenvalue weighted by molar-refractivity contribution is -0.133. The van der Waals surface area contributed by atoms with Gasteiger partial charge in [0.1, 0.15) is 0 Å². The van der Waals surface area contributed by atoms with Crippen LogP contribution in [-0.4, -0.2) is 30.7 Å². The number of unbranched alkanes of at least 4 members (excludes halogenated alkanes) is 1. The van der Waals surface area contributed by atoms with Crippen molar-refractivity contribution < 1.29 is 9.53 Å². The van der Waals surface area contributed by atoms with Gasteiger partial charge in [0.25, 0.3) is 5.91 Å². The van der Waals surface area contributed by atoms with Crippen LogP contribution in [0.2, 0.25) is 0 Å². The van der Waals surface area contributed by atoms with Crippen LogP contribution < -0.4 is 0 Å². The van der Waals surface area contributed by atoms with Crippen molar-refractivity contribution in [1.82, 2.24) is 4.90 Å². The first-order valence-electron chi connectivity index (χ1n) is 5.14. The third kappa shape index (κ3) is 1.82. The van der Waals surface area contributed by atoms with Gasteiger partial charge in [-0.25, -0.2) is 0 Å². The molecule has 0 aromatic heterocycles. The van der Waals surface area contributed by atoms with Gasteiger partial charge in [-0.2, -0.15) is 0 Å². The number of carbonyl (C=O) groups is 1. The second kappa shape index (κ2) is 4.60. The standard InChI is InChI=1S/C11H19NO2/c1-5-6-7-12-10(13)8(2)9(3)11(12)14-4/h11H,5-7H2,1-4H3/t11-/m0/s1. The summed E-state index contributed by atoms with van der Waals surface area (Å²) in [6.45, 7) is 6.75. The zero-order valence-corrected chi connectivity index (χ0v) is 9.46. The molecule has 14 heavy (non-hydrogen) atoms. The Balaban J connectivity index is 2.74. The summed E-state index contributed by atoms with van der Waals surface area (Å²) in [4.78, 5) is 13.6. The monoisotopic (exact) mass is 197 g/mol. The van der Waals surface area contributed by atoms with Gasteiger partial charge in [0.15, 0.2) is 6.23 Å². The van der Waals surface area contributed by atoms with E-state index >= 15 is 0 Å². The Labute approximate surface area is 85.7 Å². The summed E-state index contributed by atoms with van der Waals surface area (Å²) in [5, 5.41) is 0. The Kier molecular flexibility index (Phi) is 3.69. The summed E-state index contributed by atoms with van der Waals surface area (Å²) in [5.74, 6) is 0.128. The van der Waals surface area contributed by atoms with Gasteiger partial charge < -0.3 is 9.64 Å². The first kappa shape index (κ1) is 11.2. The Morgan fingerprint density at radius 2 is 2.07 bits per heavy atom. The summed E-state index contributed by atoms with van der Waals surface area (Å²) in [5.41, 5.74) is 1.89. The molecular weight excluding hydrogens is 178 g/mol. The van der Waals surface area contributed by atoms with Gasteiger partial charge >= 0.3 is 0 Å². The molecule has 0 saturated heterocycles. The highest BCUT2D eigenvalue weighted by Crippen LogP contribution is 2.25. The van der Waals surface area contributed by atoms with Crippen molar-refractivity contribution in [2.45, 2.75) is 39.8 Å². The lowest BCUT2D eigenvalue weighted by atomic mass is 10.2. The van der Waals surface area contributed by atoms with Crippen LogP contribution in [0.15, 0.2) is 11.1 Å². The van der Waals surface area contributed by atoms with Gasteiger partial charge in [0.2, 0.25) is 0 Å². The van der Waals surface area contributed by atoms with Crippen molar-refractivity contribution in [3.8, 4) is 0 Å². The number of hydrogen-bond acceptors (Lipinski definition) is 2. The Hall–Kier alpha value is -0.830. The van der Waals surface area contributed by atoms with E-state index in [9.17, 15) is 4.79 Å². The lowest BCUT2D eigenvalue weighted by Gasteiger charge is -2.24. The number of ether oxygens (including phenoxy) is 1. The molecule has 1 amide bonds.